The molecule has 3 amide bonds. The maximum Gasteiger partial charge on any atom is 0.262 e. The number of carbonyl (C=O) groups is 3. The molecule has 0 saturated carbocycles. The Kier molecular flexibility index (Phi) is 6.59. The molecule has 188 valence electrons. The number of ether oxygens (including phenoxy) is 2. The molecule has 0 radical (unpaired) electrons. The van der Waals surface area contributed by atoms with Crippen LogP contribution in [-0.4, -0.2) is 34.1 Å². The van der Waals surface area contributed by atoms with Crippen molar-refractivity contribution < 1.29 is 23.9 Å². The zero-order chi connectivity index (χ0) is 25.9. The molecule has 0 spiro atoms. The van der Waals surface area contributed by atoms with Crippen LogP contribution in [0.15, 0.2) is 66.7 Å². The number of aromatic nitrogens is 2. The Morgan fingerprint density at radius 1 is 1.03 bits per heavy atom. The van der Waals surface area contributed by atoms with Gasteiger partial charge in [-0.15, -0.1) is 0 Å². The van der Waals surface area contributed by atoms with Crippen LogP contribution in [-0.2, 0) is 21.4 Å². The maximum absolute atomic E-state index is 12.4. The molecule has 2 heterocycles. The summed E-state index contributed by atoms with van der Waals surface area (Å²) in [5.74, 6) is 0.533. The van der Waals surface area contributed by atoms with Crippen molar-refractivity contribution in [1.29, 1.82) is 0 Å². The molecular weight excluding hydrogens is 472 g/mol. The lowest BCUT2D eigenvalue weighted by molar-refractivity contribution is -0.134. The van der Waals surface area contributed by atoms with E-state index in [0.29, 0.717) is 29.3 Å². The largest absolute Gasteiger partial charge is 0.484 e. The molecule has 9 nitrogen and oxygen atoms in total. The van der Waals surface area contributed by atoms with E-state index < -0.39 is 5.92 Å². The average molecular weight is 499 g/mol. The van der Waals surface area contributed by atoms with Gasteiger partial charge in [0, 0.05) is 30.6 Å². The molecule has 0 bridgehead atoms. The molecule has 1 saturated heterocycles. The van der Waals surface area contributed by atoms with E-state index in [-0.39, 0.29) is 30.7 Å². The number of nitrogens with one attached hydrogen (secondary N) is 2. The Bertz CT molecular complexity index is 1480. The number of rotatable bonds is 7. The zero-order valence-corrected chi connectivity index (χ0v) is 20.5. The molecule has 1 atom stereocenters. The lowest BCUT2D eigenvalue weighted by atomic mass is 9.93. The fraction of sp³-hybridized carbons (Fsp3) is 0.214. The number of amides is 3. The summed E-state index contributed by atoms with van der Waals surface area (Å²) in [6, 6.07) is 20.2. The van der Waals surface area contributed by atoms with Gasteiger partial charge in [0.1, 0.15) is 17.2 Å². The molecule has 1 unspecified atom stereocenters. The number of hydrogen-bond acceptors (Lipinski definition) is 6. The van der Waals surface area contributed by atoms with Gasteiger partial charge < -0.3 is 14.8 Å². The lowest BCUT2D eigenvalue weighted by Crippen LogP contribution is -2.39. The second-order valence-corrected chi connectivity index (χ2v) is 8.97. The minimum absolute atomic E-state index is 0.176. The first-order valence-electron chi connectivity index (χ1n) is 11.9. The highest BCUT2D eigenvalue weighted by molar-refractivity contribution is 6.02. The zero-order valence-electron chi connectivity index (χ0n) is 20.5. The molecule has 9 heteroatoms. The Balaban J connectivity index is 1.19. The summed E-state index contributed by atoms with van der Waals surface area (Å²) >= 11 is 0. The summed E-state index contributed by atoms with van der Waals surface area (Å²) in [6.07, 6.45) is 0.710. The van der Waals surface area contributed by atoms with Gasteiger partial charge in [-0.25, -0.2) is 0 Å². The van der Waals surface area contributed by atoms with Crippen LogP contribution in [0.4, 0.5) is 5.69 Å². The molecule has 3 aromatic carbocycles. The average Bonchev–Trinajstić information content (AvgIpc) is 3.21. The predicted molar refractivity (Wildman–Crippen MR) is 138 cm³/mol. The van der Waals surface area contributed by atoms with Crippen molar-refractivity contribution in [3.05, 3.63) is 78.0 Å². The first-order valence-corrected chi connectivity index (χ1v) is 11.9. The number of imide groups is 1. The van der Waals surface area contributed by atoms with E-state index in [4.69, 9.17) is 9.47 Å². The number of fused-ring (bicyclic) bond motifs is 1. The van der Waals surface area contributed by atoms with Crippen molar-refractivity contribution in [2.24, 2.45) is 7.05 Å². The number of carbonyl (C=O) groups excluding carboxylic acids is 3. The van der Waals surface area contributed by atoms with Gasteiger partial charge in [0.15, 0.2) is 6.61 Å². The molecule has 1 aliphatic heterocycles. The highest BCUT2D eigenvalue weighted by atomic mass is 16.5. The molecule has 4 aromatic rings. The molecular formula is C28H26N4O5. The number of anilines is 1. The Labute approximate surface area is 213 Å². The Morgan fingerprint density at radius 3 is 2.41 bits per heavy atom. The van der Waals surface area contributed by atoms with Gasteiger partial charge >= 0.3 is 0 Å². The van der Waals surface area contributed by atoms with Crippen LogP contribution < -0.4 is 20.1 Å². The van der Waals surface area contributed by atoms with E-state index in [1.54, 1.807) is 48.1 Å². The second-order valence-electron chi connectivity index (χ2n) is 8.97. The Hall–Kier alpha value is -4.66. The molecule has 2 N–H and O–H groups in total. The van der Waals surface area contributed by atoms with E-state index in [1.807, 2.05) is 37.3 Å². The third kappa shape index (κ3) is 5.45. The van der Waals surface area contributed by atoms with Gasteiger partial charge in [-0.05, 0) is 61.9 Å². The van der Waals surface area contributed by atoms with Crippen LogP contribution in [0.25, 0.3) is 10.9 Å². The van der Waals surface area contributed by atoms with Crippen LogP contribution in [0.1, 0.15) is 30.0 Å². The third-order valence-electron chi connectivity index (χ3n) is 6.19. The predicted octanol–water partition coefficient (Wildman–Crippen LogP) is 4.21. The number of benzene rings is 3. The van der Waals surface area contributed by atoms with E-state index in [1.165, 1.54) is 0 Å². The van der Waals surface area contributed by atoms with Crippen molar-refractivity contribution >= 4 is 34.3 Å². The van der Waals surface area contributed by atoms with Gasteiger partial charge in [0.25, 0.3) is 5.91 Å². The first-order chi connectivity index (χ1) is 17.9. The highest BCUT2D eigenvalue weighted by Crippen LogP contribution is 2.32. The molecule has 0 aliphatic carbocycles. The summed E-state index contributed by atoms with van der Waals surface area (Å²) in [6.45, 7) is 1.84. The van der Waals surface area contributed by atoms with Crippen LogP contribution >= 0.6 is 0 Å². The van der Waals surface area contributed by atoms with Gasteiger partial charge in [0.05, 0.1) is 17.1 Å². The quantitative estimate of drug-likeness (QED) is 0.369. The van der Waals surface area contributed by atoms with Crippen molar-refractivity contribution in [1.82, 2.24) is 15.1 Å². The third-order valence-corrected chi connectivity index (χ3v) is 6.19. The normalized spacial score (nSPS) is 15.4. The van der Waals surface area contributed by atoms with Crippen LogP contribution in [0.3, 0.4) is 0 Å². The fourth-order valence-corrected chi connectivity index (χ4v) is 4.26. The SMILES string of the molecule is Cc1ccc(Oc2ccc(NC(=O)COc3ccc4c(C5CCC(=O)NC5=O)nn(C)c4c3)cc2)cc1. The van der Waals surface area contributed by atoms with Gasteiger partial charge in [-0.3, -0.25) is 24.4 Å². The molecule has 1 aliphatic rings. The van der Waals surface area contributed by atoms with E-state index in [2.05, 4.69) is 15.7 Å². The summed E-state index contributed by atoms with van der Waals surface area (Å²) in [5, 5.41) is 10.5. The number of aryl methyl sites for hydroxylation is 2. The van der Waals surface area contributed by atoms with E-state index >= 15 is 0 Å². The van der Waals surface area contributed by atoms with Gasteiger partial charge in [-0.1, -0.05) is 17.7 Å². The maximum atomic E-state index is 12.4. The minimum Gasteiger partial charge on any atom is -0.484 e. The van der Waals surface area contributed by atoms with Crippen molar-refractivity contribution in [3.63, 3.8) is 0 Å². The van der Waals surface area contributed by atoms with E-state index in [0.717, 1.165) is 22.2 Å². The summed E-state index contributed by atoms with van der Waals surface area (Å²) in [5.41, 5.74) is 3.18. The van der Waals surface area contributed by atoms with Crippen LogP contribution in [0.5, 0.6) is 17.2 Å². The standard InChI is InChI=1S/C28H26N4O5/c1-17-3-7-19(8-4-17)37-20-9-5-18(6-10-20)29-26(34)16-36-21-11-12-22-24(15-21)32(2)31-27(22)23-13-14-25(33)30-28(23)35/h3-12,15,23H,13-14,16H2,1-2H3,(H,29,34)(H,30,33,35). The fourth-order valence-electron chi connectivity index (χ4n) is 4.26. The van der Waals surface area contributed by atoms with Crippen molar-refractivity contribution in [3.8, 4) is 17.2 Å². The monoisotopic (exact) mass is 498 g/mol. The van der Waals surface area contributed by atoms with E-state index in [9.17, 15) is 14.4 Å². The van der Waals surface area contributed by atoms with Gasteiger partial charge in [0.2, 0.25) is 11.8 Å². The first kappa shape index (κ1) is 24.1. The molecule has 5 rings (SSSR count). The number of nitrogens with zero attached hydrogens (tertiary/aromatic N) is 2. The van der Waals surface area contributed by atoms with Crippen molar-refractivity contribution in [2.45, 2.75) is 25.7 Å². The Morgan fingerprint density at radius 2 is 1.70 bits per heavy atom. The summed E-state index contributed by atoms with van der Waals surface area (Å²) < 4.78 is 13.2. The summed E-state index contributed by atoms with van der Waals surface area (Å²) in [4.78, 5) is 36.2. The smallest absolute Gasteiger partial charge is 0.262 e. The lowest BCUT2D eigenvalue weighted by Gasteiger charge is -2.19. The number of piperidine rings is 1. The molecule has 1 fully saturated rings. The summed E-state index contributed by atoms with van der Waals surface area (Å²) in [7, 11) is 1.78. The van der Waals surface area contributed by atoms with Gasteiger partial charge in [-0.2, -0.15) is 5.10 Å². The molecule has 1 aromatic heterocycles. The highest BCUT2D eigenvalue weighted by Gasteiger charge is 2.31. The minimum atomic E-state index is -0.479. The van der Waals surface area contributed by atoms with Crippen molar-refractivity contribution in [2.75, 3.05) is 11.9 Å². The topological polar surface area (TPSA) is 112 Å². The van der Waals surface area contributed by atoms with Crippen LogP contribution in [0, 0.1) is 6.92 Å². The van der Waals surface area contributed by atoms with Crippen LogP contribution in [0.2, 0.25) is 0 Å². The molecule has 37 heavy (non-hydrogen) atoms. The number of hydrogen-bond donors (Lipinski definition) is 2. The second kappa shape index (κ2) is 10.1.